The number of rotatable bonds is 5. The maximum Gasteiger partial charge on any atom is 0.241 e. The zero-order valence-corrected chi connectivity index (χ0v) is 17.1. The van der Waals surface area contributed by atoms with Crippen molar-refractivity contribution in [3.63, 3.8) is 0 Å². The van der Waals surface area contributed by atoms with Crippen LogP contribution in [-0.4, -0.2) is 55.0 Å². The fourth-order valence-electron chi connectivity index (χ4n) is 4.38. The van der Waals surface area contributed by atoms with Crippen molar-refractivity contribution in [1.29, 1.82) is 0 Å². The predicted molar refractivity (Wildman–Crippen MR) is 115 cm³/mol. The molecule has 1 saturated heterocycles. The molecule has 4 nitrogen and oxygen atoms in total. The predicted octanol–water partition coefficient (Wildman–Crippen LogP) is 3.52. The molecule has 148 valence electrons. The van der Waals surface area contributed by atoms with E-state index in [-0.39, 0.29) is 5.91 Å². The third-order valence-corrected chi connectivity index (χ3v) is 6.18. The molecule has 1 atom stereocenters. The molecular formula is C24H31N3O. The smallest absolute Gasteiger partial charge is 0.241 e. The van der Waals surface area contributed by atoms with Crippen molar-refractivity contribution in [3.05, 3.63) is 65.2 Å². The van der Waals surface area contributed by atoms with Gasteiger partial charge in [-0.2, -0.15) is 0 Å². The highest BCUT2D eigenvalue weighted by molar-refractivity contribution is 5.97. The molecule has 0 aromatic heterocycles. The lowest BCUT2D eigenvalue weighted by Gasteiger charge is -2.35. The fraction of sp³-hybridized carbons (Fsp3) is 0.458. The van der Waals surface area contributed by atoms with Crippen LogP contribution >= 0.6 is 0 Å². The minimum absolute atomic E-state index is 0.236. The SMILES string of the molecule is CCc1ccc(CN2CCN(CC(=O)N3CC(C)c4ccccc43)CC2)cc1. The number of hydrogen-bond acceptors (Lipinski definition) is 3. The Labute approximate surface area is 168 Å². The Kier molecular flexibility index (Phi) is 5.79. The van der Waals surface area contributed by atoms with Crippen LogP contribution in [0.4, 0.5) is 5.69 Å². The first-order valence-electron chi connectivity index (χ1n) is 10.6. The van der Waals surface area contributed by atoms with E-state index in [1.807, 2.05) is 11.0 Å². The van der Waals surface area contributed by atoms with Crippen molar-refractivity contribution in [2.24, 2.45) is 0 Å². The number of anilines is 1. The van der Waals surface area contributed by atoms with Crippen LogP contribution in [0.5, 0.6) is 0 Å². The Morgan fingerprint density at radius 1 is 0.929 bits per heavy atom. The van der Waals surface area contributed by atoms with E-state index in [0.717, 1.165) is 51.4 Å². The van der Waals surface area contributed by atoms with Crippen LogP contribution in [0.15, 0.2) is 48.5 Å². The summed E-state index contributed by atoms with van der Waals surface area (Å²) in [6.07, 6.45) is 1.09. The van der Waals surface area contributed by atoms with E-state index >= 15 is 0 Å². The summed E-state index contributed by atoms with van der Waals surface area (Å²) in [4.78, 5) is 19.7. The average molecular weight is 378 g/mol. The van der Waals surface area contributed by atoms with Crippen LogP contribution in [0.25, 0.3) is 0 Å². The van der Waals surface area contributed by atoms with Crippen LogP contribution in [0.2, 0.25) is 0 Å². The van der Waals surface area contributed by atoms with Gasteiger partial charge in [0.25, 0.3) is 0 Å². The van der Waals surface area contributed by atoms with E-state index < -0.39 is 0 Å². The summed E-state index contributed by atoms with van der Waals surface area (Å²) >= 11 is 0. The van der Waals surface area contributed by atoms with Crippen LogP contribution in [0, 0.1) is 0 Å². The summed E-state index contributed by atoms with van der Waals surface area (Å²) in [5, 5.41) is 0. The standard InChI is InChI=1S/C24H31N3O/c1-3-20-8-10-21(11-9-20)17-25-12-14-26(15-13-25)18-24(28)27-16-19(2)22-6-4-5-7-23(22)27/h4-11,19H,3,12-18H2,1-2H3. The molecule has 0 N–H and O–H groups in total. The first-order chi connectivity index (χ1) is 13.6. The Hall–Kier alpha value is -2.17. The average Bonchev–Trinajstić information content (AvgIpc) is 3.07. The maximum atomic E-state index is 12.9. The summed E-state index contributed by atoms with van der Waals surface area (Å²) in [6.45, 7) is 10.7. The third-order valence-electron chi connectivity index (χ3n) is 6.18. The Morgan fingerprint density at radius 3 is 2.29 bits per heavy atom. The van der Waals surface area contributed by atoms with Crippen LogP contribution < -0.4 is 4.90 Å². The van der Waals surface area contributed by atoms with Gasteiger partial charge in [0.2, 0.25) is 5.91 Å². The van der Waals surface area contributed by atoms with Gasteiger partial charge in [-0.15, -0.1) is 0 Å². The molecule has 0 aliphatic carbocycles. The quantitative estimate of drug-likeness (QED) is 0.798. The van der Waals surface area contributed by atoms with E-state index in [1.54, 1.807) is 0 Å². The van der Waals surface area contributed by atoms with Crippen LogP contribution in [0.1, 0.15) is 36.5 Å². The highest BCUT2D eigenvalue weighted by atomic mass is 16.2. The molecule has 0 bridgehead atoms. The molecule has 2 aliphatic heterocycles. The molecule has 2 aromatic rings. The molecule has 0 saturated carbocycles. The van der Waals surface area contributed by atoms with Crippen molar-refractivity contribution in [1.82, 2.24) is 9.80 Å². The number of piperazine rings is 1. The van der Waals surface area contributed by atoms with Gasteiger partial charge in [0.15, 0.2) is 0 Å². The van der Waals surface area contributed by atoms with E-state index in [4.69, 9.17) is 0 Å². The molecule has 28 heavy (non-hydrogen) atoms. The number of hydrogen-bond donors (Lipinski definition) is 0. The molecule has 1 amide bonds. The lowest BCUT2D eigenvalue weighted by molar-refractivity contribution is -0.120. The molecule has 2 aromatic carbocycles. The summed E-state index contributed by atoms with van der Waals surface area (Å²) in [5.41, 5.74) is 5.18. The summed E-state index contributed by atoms with van der Waals surface area (Å²) in [5.74, 6) is 0.663. The van der Waals surface area contributed by atoms with Crippen LogP contribution in [0.3, 0.4) is 0 Å². The number of amides is 1. The lowest BCUT2D eigenvalue weighted by atomic mass is 10.0. The van der Waals surface area contributed by atoms with Gasteiger partial charge < -0.3 is 4.90 Å². The van der Waals surface area contributed by atoms with E-state index in [1.165, 1.54) is 16.7 Å². The van der Waals surface area contributed by atoms with Gasteiger partial charge in [0.1, 0.15) is 0 Å². The monoisotopic (exact) mass is 377 g/mol. The second-order valence-electron chi connectivity index (χ2n) is 8.19. The fourth-order valence-corrected chi connectivity index (χ4v) is 4.38. The van der Waals surface area contributed by atoms with Gasteiger partial charge in [-0.1, -0.05) is 56.3 Å². The van der Waals surface area contributed by atoms with Gasteiger partial charge in [-0.25, -0.2) is 0 Å². The van der Waals surface area contributed by atoms with Crippen molar-refractivity contribution in [2.75, 3.05) is 44.2 Å². The molecule has 0 radical (unpaired) electrons. The van der Waals surface area contributed by atoms with Gasteiger partial charge in [-0.3, -0.25) is 14.6 Å². The maximum absolute atomic E-state index is 12.9. The van der Waals surface area contributed by atoms with Gasteiger partial charge >= 0.3 is 0 Å². The lowest BCUT2D eigenvalue weighted by Crippen LogP contribution is -2.49. The zero-order chi connectivity index (χ0) is 19.5. The number of fused-ring (bicyclic) bond motifs is 1. The van der Waals surface area contributed by atoms with Gasteiger partial charge in [-0.05, 0) is 29.2 Å². The highest BCUT2D eigenvalue weighted by Crippen LogP contribution is 2.35. The molecule has 0 spiro atoms. The van der Waals surface area contributed by atoms with E-state index in [2.05, 4.69) is 66.1 Å². The Bertz CT molecular complexity index is 809. The third kappa shape index (κ3) is 4.13. The van der Waals surface area contributed by atoms with Gasteiger partial charge in [0.05, 0.1) is 6.54 Å². The van der Waals surface area contributed by atoms with Crippen molar-refractivity contribution in [2.45, 2.75) is 32.7 Å². The first-order valence-corrected chi connectivity index (χ1v) is 10.6. The summed E-state index contributed by atoms with van der Waals surface area (Å²) in [7, 11) is 0. The Morgan fingerprint density at radius 2 is 1.57 bits per heavy atom. The minimum atomic E-state index is 0.236. The molecule has 1 fully saturated rings. The molecular weight excluding hydrogens is 346 g/mol. The van der Waals surface area contributed by atoms with Gasteiger partial charge in [0, 0.05) is 50.9 Å². The molecule has 2 heterocycles. The van der Waals surface area contributed by atoms with Crippen molar-refractivity contribution in [3.8, 4) is 0 Å². The summed E-state index contributed by atoms with van der Waals surface area (Å²) < 4.78 is 0. The normalized spacial score (nSPS) is 20.4. The number of benzene rings is 2. The topological polar surface area (TPSA) is 26.8 Å². The molecule has 4 heteroatoms. The molecule has 1 unspecified atom stereocenters. The van der Waals surface area contributed by atoms with E-state index in [0.29, 0.717) is 12.5 Å². The molecule has 4 rings (SSSR count). The zero-order valence-electron chi connectivity index (χ0n) is 17.1. The van der Waals surface area contributed by atoms with Crippen LogP contribution in [-0.2, 0) is 17.8 Å². The number of carbonyl (C=O) groups is 1. The van der Waals surface area contributed by atoms with Crippen molar-refractivity contribution >= 4 is 11.6 Å². The minimum Gasteiger partial charge on any atom is -0.310 e. The largest absolute Gasteiger partial charge is 0.310 e. The number of aryl methyl sites for hydroxylation is 1. The van der Waals surface area contributed by atoms with Crippen molar-refractivity contribution < 1.29 is 4.79 Å². The highest BCUT2D eigenvalue weighted by Gasteiger charge is 2.30. The second-order valence-corrected chi connectivity index (χ2v) is 8.19. The number of nitrogens with zero attached hydrogens (tertiary/aromatic N) is 3. The summed E-state index contributed by atoms with van der Waals surface area (Å²) in [6, 6.07) is 17.3. The Balaban J connectivity index is 1.28. The first kappa shape index (κ1) is 19.2. The molecule has 2 aliphatic rings. The van der Waals surface area contributed by atoms with E-state index in [9.17, 15) is 4.79 Å². The number of carbonyl (C=O) groups excluding carboxylic acids is 1. The second kappa shape index (κ2) is 8.46. The number of para-hydroxylation sites is 1.